The van der Waals surface area contributed by atoms with Gasteiger partial charge in [-0.05, 0) is 54.3 Å². The summed E-state index contributed by atoms with van der Waals surface area (Å²) in [5.41, 5.74) is 2.34. The van der Waals surface area contributed by atoms with Gasteiger partial charge in [-0.3, -0.25) is 9.59 Å². The molecule has 0 spiro atoms. The fourth-order valence-corrected chi connectivity index (χ4v) is 5.78. The first-order chi connectivity index (χ1) is 19.9. The van der Waals surface area contributed by atoms with Crippen molar-refractivity contribution in [2.45, 2.75) is 25.4 Å². The van der Waals surface area contributed by atoms with Crippen LogP contribution in [0.25, 0.3) is 0 Å². The van der Waals surface area contributed by atoms with Crippen LogP contribution in [0.2, 0.25) is 0 Å². The van der Waals surface area contributed by atoms with Crippen molar-refractivity contribution in [2.75, 3.05) is 33.2 Å². The van der Waals surface area contributed by atoms with Gasteiger partial charge in [-0.25, -0.2) is 0 Å². The van der Waals surface area contributed by atoms with Crippen molar-refractivity contribution < 1.29 is 28.5 Å². The summed E-state index contributed by atoms with van der Waals surface area (Å²) in [5.74, 6) is 0.433. The summed E-state index contributed by atoms with van der Waals surface area (Å²) in [6, 6.07) is 21.0. The summed E-state index contributed by atoms with van der Waals surface area (Å²) in [6.45, 7) is 0.430. The molecule has 0 saturated carbocycles. The first-order valence-corrected chi connectivity index (χ1v) is 13.8. The van der Waals surface area contributed by atoms with Gasteiger partial charge in [-0.1, -0.05) is 60.1 Å². The third-order valence-corrected chi connectivity index (χ3v) is 7.78. The Morgan fingerprint density at radius 1 is 0.951 bits per heavy atom. The Balaban J connectivity index is 1.49. The predicted octanol–water partition coefficient (Wildman–Crippen LogP) is 6.22. The van der Waals surface area contributed by atoms with Gasteiger partial charge in [0.15, 0.2) is 22.7 Å². The highest BCUT2D eigenvalue weighted by Crippen LogP contribution is 2.43. The van der Waals surface area contributed by atoms with E-state index in [1.165, 1.54) is 21.3 Å². The fourth-order valence-electron chi connectivity index (χ4n) is 5.47. The zero-order chi connectivity index (χ0) is 29.0. The molecule has 1 N–H and O–H groups in total. The van der Waals surface area contributed by atoms with E-state index in [9.17, 15) is 9.59 Å². The summed E-state index contributed by atoms with van der Waals surface area (Å²) >= 11 is 6.66. The molecule has 212 valence electrons. The average Bonchev–Trinajstić information content (AvgIpc) is 3.40. The van der Waals surface area contributed by atoms with Crippen molar-refractivity contribution in [3.8, 4) is 17.2 Å². The van der Waals surface area contributed by atoms with Gasteiger partial charge >= 0.3 is 5.97 Å². The number of fused-ring (bicyclic) bond motifs is 1. The van der Waals surface area contributed by atoms with E-state index in [4.69, 9.17) is 30.5 Å². The van der Waals surface area contributed by atoms with E-state index >= 15 is 0 Å². The number of anilines is 1. The molecular formula is C33H32ClNO6. The third-order valence-electron chi connectivity index (χ3n) is 7.56. The third kappa shape index (κ3) is 5.68. The largest absolute Gasteiger partial charge is 0.493 e. The molecule has 7 nitrogen and oxygen atoms in total. The van der Waals surface area contributed by atoms with E-state index in [1.807, 2.05) is 54.6 Å². The van der Waals surface area contributed by atoms with Crippen molar-refractivity contribution >= 4 is 29.0 Å². The standard InChI is InChI=1S/C33H32ClNO6/c1-38-27-16-22(17-28(39-2)30(27)40-3)15-23-18-24(34)19-33(31(23)36,14-13-21-9-5-4-6-10-21)32(37)41-29-20-35-26-12-8-7-11-25(26)29/h4-12,16-19,29,35H,13-15,20H2,1-3H3. The van der Waals surface area contributed by atoms with Crippen LogP contribution in [0.5, 0.6) is 17.2 Å². The monoisotopic (exact) mass is 573 g/mol. The minimum absolute atomic E-state index is 0.202. The van der Waals surface area contributed by atoms with Crippen LogP contribution in [0.15, 0.2) is 89.5 Å². The molecule has 2 unspecified atom stereocenters. The molecule has 0 saturated heterocycles. The lowest BCUT2D eigenvalue weighted by atomic mass is 9.72. The van der Waals surface area contributed by atoms with Gasteiger partial charge in [0.05, 0.1) is 27.9 Å². The normalized spacial score (nSPS) is 19.4. The van der Waals surface area contributed by atoms with Crippen LogP contribution in [0.1, 0.15) is 29.2 Å². The highest BCUT2D eigenvalue weighted by Gasteiger charge is 2.49. The molecule has 2 aliphatic rings. The minimum Gasteiger partial charge on any atom is -0.493 e. The van der Waals surface area contributed by atoms with Crippen LogP contribution in [-0.2, 0) is 27.2 Å². The van der Waals surface area contributed by atoms with E-state index < -0.39 is 17.5 Å². The molecule has 1 aliphatic heterocycles. The number of para-hydroxylation sites is 1. The number of hydrogen-bond donors (Lipinski definition) is 1. The molecule has 5 rings (SSSR count). The number of ketones is 1. The molecule has 0 radical (unpaired) electrons. The van der Waals surface area contributed by atoms with Crippen molar-refractivity contribution in [1.29, 1.82) is 0 Å². The molecule has 3 aromatic carbocycles. The predicted molar refractivity (Wildman–Crippen MR) is 158 cm³/mol. The van der Waals surface area contributed by atoms with Gasteiger partial charge in [0.1, 0.15) is 6.10 Å². The Hall–Kier alpha value is -4.23. The van der Waals surface area contributed by atoms with Crippen LogP contribution in [-0.4, -0.2) is 39.6 Å². The molecular weight excluding hydrogens is 542 g/mol. The van der Waals surface area contributed by atoms with E-state index in [0.29, 0.717) is 40.8 Å². The quantitative estimate of drug-likeness (QED) is 0.228. The molecule has 2 atom stereocenters. The Labute approximate surface area is 244 Å². The van der Waals surface area contributed by atoms with E-state index in [-0.39, 0.29) is 18.6 Å². The zero-order valence-electron chi connectivity index (χ0n) is 23.2. The molecule has 0 aromatic heterocycles. The lowest BCUT2D eigenvalue weighted by molar-refractivity contribution is -0.161. The number of ether oxygens (including phenoxy) is 4. The Kier molecular flexibility index (Phi) is 8.36. The van der Waals surface area contributed by atoms with Gasteiger partial charge in [0, 0.05) is 28.3 Å². The maximum Gasteiger partial charge on any atom is 0.324 e. The summed E-state index contributed by atoms with van der Waals surface area (Å²) in [7, 11) is 4.60. The smallest absolute Gasteiger partial charge is 0.324 e. The Bertz CT molecular complexity index is 1490. The van der Waals surface area contributed by atoms with Crippen LogP contribution in [0.3, 0.4) is 0 Å². The maximum absolute atomic E-state index is 14.3. The highest BCUT2D eigenvalue weighted by atomic mass is 35.5. The lowest BCUT2D eigenvalue weighted by Crippen LogP contribution is -2.43. The van der Waals surface area contributed by atoms with Gasteiger partial charge in [-0.15, -0.1) is 0 Å². The SMILES string of the molecule is COc1cc(CC2=CC(Cl)=CC(CCc3ccccc3)(C(=O)OC3CNc4ccccc43)C2=O)cc(OC)c1OC. The number of esters is 1. The van der Waals surface area contributed by atoms with Crippen LogP contribution >= 0.6 is 11.6 Å². The number of hydrogen-bond acceptors (Lipinski definition) is 7. The molecule has 3 aromatic rings. The molecule has 0 fully saturated rings. The second-order valence-electron chi connectivity index (χ2n) is 10.1. The number of halogens is 1. The number of carbonyl (C=O) groups excluding carboxylic acids is 2. The number of carbonyl (C=O) groups is 2. The topological polar surface area (TPSA) is 83.1 Å². The van der Waals surface area contributed by atoms with Gasteiger partial charge in [0.25, 0.3) is 0 Å². The fraction of sp³-hybridized carbons (Fsp3) is 0.273. The Morgan fingerprint density at radius 2 is 1.63 bits per heavy atom. The highest BCUT2D eigenvalue weighted by molar-refractivity contribution is 6.33. The summed E-state index contributed by atoms with van der Waals surface area (Å²) in [6.07, 6.45) is 3.55. The molecule has 1 aliphatic carbocycles. The number of Topliss-reactive ketones (excluding diaryl/α,β-unsaturated/α-hetero) is 1. The minimum atomic E-state index is -1.59. The van der Waals surface area contributed by atoms with Gasteiger partial charge in [-0.2, -0.15) is 0 Å². The molecule has 0 bridgehead atoms. The van der Waals surface area contributed by atoms with Crippen molar-refractivity contribution in [1.82, 2.24) is 0 Å². The number of allylic oxidation sites excluding steroid dienone is 3. The van der Waals surface area contributed by atoms with Crippen molar-refractivity contribution in [2.24, 2.45) is 5.41 Å². The maximum atomic E-state index is 14.3. The number of nitrogens with one attached hydrogen (secondary N) is 1. The second-order valence-corrected chi connectivity index (χ2v) is 10.5. The zero-order valence-corrected chi connectivity index (χ0v) is 24.0. The lowest BCUT2D eigenvalue weighted by Gasteiger charge is -2.32. The van der Waals surface area contributed by atoms with E-state index in [0.717, 1.165) is 22.4 Å². The summed E-state index contributed by atoms with van der Waals surface area (Å²) in [4.78, 5) is 28.4. The first kappa shape index (κ1) is 28.3. The van der Waals surface area contributed by atoms with E-state index in [2.05, 4.69) is 5.32 Å². The van der Waals surface area contributed by atoms with Crippen molar-refractivity contribution in [3.63, 3.8) is 0 Å². The number of methoxy groups -OCH3 is 3. The molecule has 41 heavy (non-hydrogen) atoms. The van der Waals surface area contributed by atoms with Crippen LogP contribution in [0, 0.1) is 5.41 Å². The number of benzene rings is 3. The number of rotatable bonds is 10. The average molecular weight is 574 g/mol. The van der Waals surface area contributed by atoms with Crippen LogP contribution in [0.4, 0.5) is 5.69 Å². The van der Waals surface area contributed by atoms with E-state index in [1.54, 1.807) is 24.3 Å². The van der Waals surface area contributed by atoms with Gasteiger partial charge < -0.3 is 24.3 Å². The molecule has 8 heteroatoms. The van der Waals surface area contributed by atoms with Crippen molar-refractivity contribution in [3.05, 3.63) is 106 Å². The molecule has 1 heterocycles. The van der Waals surface area contributed by atoms with Gasteiger partial charge in [0.2, 0.25) is 5.75 Å². The Morgan fingerprint density at radius 3 is 2.32 bits per heavy atom. The first-order valence-electron chi connectivity index (χ1n) is 13.4. The second kappa shape index (κ2) is 12.1. The summed E-state index contributed by atoms with van der Waals surface area (Å²) in [5, 5.41) is 3.58. The number of aryl methyl sites for hydroxylation is 1. The summed E-state index contributed by atoms with van der Waals surface area (Å²) < 4.78 is 22.5. The molecule has 0 amide bonds. The van der Waals surface area contributed by atoms with Crippen LogP contribution < -0.4 is 19.5 Å².